The molecule has 0 aromatic carbocycles. The molecule has 25 heavy (non-hydrogen) atoms. The number of carbonyl (C=O) groups is 3. The normalized spacial score (nSPS) is 16.5. The van der Waals surface area contributed by atoms with Gasteiger partial charge in [-0.05, 0) is 31.0 Å². The van der Waals surface area contributed by atoms with Crippen LogP contribution in [0.1, 0.15) is 40.9 Å². The summed E-state index contributed by atoms with van der Waals surface area (Å²) in [4.78, 5) is 43.8. The van der Waals surface area contributed by atoms with Crippen molar-refractivity contribution in [3.05, 3.63) is 35.2 Å². The fourth-order valence-electron chi connectivity index (χ4n) is 2.93. The molecular weight excluding hydrogens is 337 g/mol. The first-order valence-electron chi connectivity index (χ1n) is 7.62. The molecule has 0 amide bonds. The summed E-state index contributed by atoms with van der Waals surface area (Å²) < 4.78 is 40.1. The van der Waals surface area contributed by atoms with Crippen LogP contribution in [0.5, 0.6) is 0 Å². The predicted molar refractivity (Wildman–Crippen MR) is 81.0 cm³/mol. The van der Waals surface area contributed by atoms with E-state index < -0.39 is 40.7 Å². The molecule has 2 aromatic heterocycles. The zero-order valence-corrected chi connectivity index (χ0v) is 13.2. The van der Waals surface area contributed by atoms with Gasteiger partial charge in [0.1, 0.15) is 5.92 Å². The molecule has 0 aliphatic heterocycles. The van der Waals surface area contributed by atoms with Crippen LogP contribution in [0, 0.1) is 12.8 Å². The zero-order chi connectivity index (χ0) is 18.4. The van der Waals surface area contributed by atoms with Crippen molar-refractivity contribution in [2.75, 3.05) is 0 Å². The first-order chi connectivity index (χ1) is 11.7. The minimum atomic E-state index is -4.91. The molecule has 2 heterocycles. The number of aryl methyl sites for hydroxylation is 1. The van der Waals surface area contributed by atoms with Crippen LogP contribution in [0.2, 0.25) is 0 Å². The van der Waals surface area contributed by atoms with E-state index in [2.05, 4.69) is 9.97 Å². The van der Waals surface area contributed by atoms with Crippen molar-refractivity contribution in [3.63, 3.8) is 0 Å². The highest BCUT2D eigenvalue weighted by molar-refractivity contribution is 6.25. The maximum atomic E-state index is 13.4. The van der Waals surface area contributed by atoms with Gasteiger partial charge in [0.05, 0.1) is 5.56 Å². The van der Waals surface area contributed by atoms with Gasteiger partial charge in [0, 0.05) is 24.4 Å². The number of halogens is 3. The molecule has 1 aliphatic carbocycles. The van der Waals surface area contributed by atoms with E-state index in [1.54, 1.807) is 6.92 Å². The van der Waals surface area contributed by atoms with Crippen molar-refractivity contribution >= 4 is 28.4 Å². The molecule has 5 nitrogen and oxygen atoms in total. The van der Waals surface area contributed by atoms with Gasteiger partial charge in [-0.15, -0.1) is 0 Å². The van der Waals surface area contributed by atoms with Gasteiger partial charge in [0.2, 0.25) is 0 Å². The van der Waals surface area contributed by atoms with Crippen LogP contribution in [-0.4, -0.2) is 27.3 Å². The van der Waals surface area contributed by atoms with E-state index in [1.807, 2.05) is 0 Å². The Hall–Kier alpha value is -2.64. The lowest BCUT2D eigenvalue weighted by Gasteiger charge is -2.20. The van der Waals surface area contributed by atoms with E-state index >= 15 is 0 Å². The van der Waals surface area contributed by atoms with Gasteiger partial charge < -0.3 is 0 Å². The second-order valence-electron chi connectivity index (χ2n) is 6.03. The summed E-state index contributed by atoms with van der Waals surface area (Å²) in [7, 11) is 0. The number of nitrogens with zero attached hydrogens (tertiary/aromatic N) is 2. The molecule has 1 fully saturated rings. The van der Waals surface area contributed by atoms with E-state index in [9.17, 15) is 27.6 Å². The summed E-state index contributed by atoms with van der Waals surface area (Å²) in [6.07, 6.45) is -3.22. The summed E-state index contributed by atoms with van der Waals surface area (Å²) in [6.45, 7) is 1.69. The monoisotopic (exact) mass is 350 g/mol. The van der Waals surface area contributed by atoms with Crippen LogP contribution < -0.4 is 0 Å². The Morgan fingerprint density at radius 3 is 2.40 bits per heavy atom. The SMILES string of the molecule is Cc1cnc2nc(C(F)(F)F)c(C(=O)C3C(=O)CCCC3=O)cc2c1. The van der Waals surface area contributed by atoms with E-state index in [-0.39, 0.29) is 23.9 Å². The molecule has 0 N–H and O–H groups in total. The molecule has 130 valence electrons. The Morgan fingerprint density at radius 1 is 1.16 bits per heavy atom. The van der Waals surface area contributed by atoms with Crippen LogP contribution in [0.4, 0.5) is 13.2 Å². The van der Waals surface area contributed by atoms with Crippen molar-refractivity contribution in [3.8, 4) is 0 Å². The number of alkyl halides is 3. The number of rotatable bonds is 2. The highest BCUT2D eigenvalue weighted by Gasteiger charge is 2.43. The van der Waals surface area contributed by atoms with Gasteiger partial charge >= 0.3 is 6.18 Å². The minimum absolute atomic E-state index is 0.00513. The standard InChI is InChI=1S/C17H13F3N2O3/c1-8-5-9-6-10(14(25)13-11(23)3-2-4-12(13)24)15(17(18,19)20)22-16(9)21-7-8/h5-7,13H,2-4H2,1H3. The Bertz CT molecular complexity index is 890. The summed E-state index contributed by atoms with van der Waals surface area (Å²) in [5.74, 6) is -4.10. The fourth-order valence-corrected chi connectivity index (χ4v) is 2.93. The molecule has 0 bridgehead atoms. The fraction of sp³-hybridized carbons (Fsp3) is 0.353. The molecule has 0 atom stereocenters. The summed E-state index contributed by atoms with van der Waals surface area (Å²) >= 11 is 0. The Kier molecular flexibility index (Phi) is 4.14. The van der Waals surface area contributed by atoms with Gasteiger partial charge in [0.15, 0.2) is 28.7 Å². The first-order valence-corrected chi connectivity index (χ1v) is 7.62. The number of Topliss-reactive ketones (excluding diaryl/α,β-unsaturated/α-hetero) is 3. The molecule has 0 unspecified atom stereocenters. The number of hydrogen-bond donors (Lipinski definition) is 0. The maximum absolute atomic E-state index is 13.4. The number of hydrogen-bond acceptors (Lipinski definition) is 5. The third kappa shape index (κ3) is 3.16. The summed E-state index contributed by atoms with van der Waals surface area (Å²) in [6, 6.07) is 2.55. The summed E-state index contributed by atoms with van der Waals surface area (Å²) in [5, 5.41) is 0.243. The van der Waals surface area contributed by atoms with Crippen LogP contribution >= 0.6 is 0 Å². The minimum Gasteiger partial charge on any atom is -0.298 e. The Balaban J connectivity index is 2.20. The van der Waals surface area contributed by atoms with Crippen LogP contribution in [0.3, 0.4) is 0 Å². The average molecular weight is 350 g/mol. The smallest absolute Gasteiger partial charge is 0.298 e. The maximum Gasteiger partial charge on any atom is 0.434 e. The van der Waals surface area contributed by atoms with Gasteiger partial charge in [0.25, 0.3) is 0 Å². The third-order valence-corrected chi connectivity index (χ3v) is 4.09. The predicted octanol–water partition coefficient (Wildman–Crippen LogP) is 3.08. The lowest BCUT2D eigenvalue weighted by Crippen LogP contribution is -2.36. The molecule has 3 rings (SSSR count). The van der Waals surface area contributed by atoms with E-state index in [1.165, 1.54) is 12.3 Å². The number of ketones is 3. The van der Waals surface area contributed by atoms with Crippen molar-refractivity contribution in [1.82, 2.24) is 9.97 Å². The number of aromatic nitrogens is 2. The number of pyridine rings is 2. The Morgan fingerprint density at radius 2 is 1.80 bits per heavy atom. The molecular formula is C17H13F3N2O3. The van der Waals surface area contributed by atoms with Crippen LogP contribution in [0.15, 0.2) is 18.3 Å². The lowest BCUT2D eigenvalue weighted by atomic mass is 9.81. The topological polar surface area (TPSA) is 77.0 Å². The highest BCUT2D eigenvalue weighted by Crippen LogP contribution is 2.34. The molecule has 0 saturated heterocycles. The quantitative estimate of drug-likeness (QED) is 0.614. The molecule has 1 aliphatic rings. The van der Waals surface area contributed by atoms with Crippen LogP contribution in [-0.2, 0) is 15.8 Å². The van der Waals surface area contributed by atoms with Gasteiger partial charge in [-0.25, -0.2) is 9.97 Å². The zero-order valence-electron chi connectivity index (χ0n) is 13.2. The largest absolute Gasteiger partial charge is 0.434 e. The first kappa shape index (κ1) is 17.2. The van der Waals surface area contributed by atoms with Gasteiger partial charge in [-0.3, -0.25) is 14.4 Å². The number of carbonyl (C=O) groups excluding carboxylic acids is 3. The summed E-state index contributed by atoms with van der Waals surface area (Å²) in [5.41, 5.74) is -1.67. The van der Waals surface area contributed by atoms with Crippen molar-refractivity contribution in [1.29, 1.82) is 0 Å². The van der Waals surface area contributed by atoms with Crippen molar-refractivity contribution in [2.45, 2.75) is 32.4 Å². The van der Waals surface area contributed by atoms with Crippen molar-refractivity contribution in [2.24, 2.45) is 5.92 Å². The molecule has 0 radical (unpaired) electrons. The Labute approximate surface area is 140 Å². The third-order valence-electron chi connectivity index (χ3n) is 4.09. The molecule has 2 aromatic rings. The van der Waals surface area contributed by atoms with Gasteiger partial charge in [-0.1, -0.05) is 0 Å². The van der Waals surface area contributed by atoms with Crippen molar-refractivity contribution < 1.29 is 27.6 Å². The van der Waals surface area contributed by atoms with Gasteiger partial charge in [-0.2, -0.15) is 13.2 Å². The van der Waals surface area contributed by atoms with E-state index in [4.69, 9.17) is 0 Å². The van der Waals surface area contributed by atoms with E-state index in [0.717, 1.165) is 6.07 Å². The average Bonchev–Trinajstić information content (AvgIpc) is 2.52. The molecule has 1 saturated carbocycles. The lowest BCUT2D eigenvalue weighted by molar-refractivity contribution is -0.142. The van der Waals surface area contributed by atoms with Crippen LogP contribution in [0.25, 0.3) is 11.0 Å². The van der Waals surface area contributed by atoms with E-state index in [0.29, 0.717) is 12.0 Å². The second kappa shape index (κ2) is 6.02. The second-order valence-corrected chi connectivity index (χ2v) is 6.03. The molecule has 8 heteroatoms. The number of fused-ring (bicyclic) bond motifs is 1. The highest BCUT2D eigenvalue weighted by atomic mass is 19.4. The molecule has 0 spiro atoms.